The van der Waals surface area contributed by atoms with Gasteiger partial charge in [-0.25, -0.2) is 0 Å². The molecule has 2 atom stereocenters. The first-order chi connectivity index (χ1) is 8.70. The molecule has 1 amide bonds. The van der Waals surface area contributed by atoms with Gasteiger partial charge in [0.25, 0.3) is 0 Å². The van der Waals surface area contributed by atoms with Crippen molar-refractivity contribution in [2.75, 3.05) is 20.2 Å². The number of carbonyl (C=O) groups excluding carboxylic acids is 1. The van der Waals surface area contributed by atoms with Crippen LogP contribution in [-0.4, -0.2) is 37.1 Å². The summed E-state index contributed by atoms with van der Waals surface area (Å²) < 4.78 is 5.18. The van der Waals surface area contributed by atoms with Gasteiger partial charge in [-0.2, -0.15) is 0 Å². The van der Waals surface area contributed by atoms with Crippen LogP contribution in [0.3, 0.4) is 0 Å². The number of likely N-dealkylation sites (tertiary alicyclic amines) is 1. The third-order valence-corrected chi connectivity index (χ3v) is 4.25. The monoisotopic (exact) mass is 265 g/mol. The Morgan fingerprint density at radius 3 is 2.78 bits per heavy atom. The third-order valence-electron chi connectivity index (χ3n) is 3.91. The fourth-order valence-corrected chi connectivity index (χ4v) is 2.86. The van der Waals surface area contributed by atoms with E-state index in [0.717, 1.165) is 30.1 Å². The van der Waals surface area contributed by atoms with Crippen LogP contribution in [-0.2, 0) is 9.53 Å². The van der Waals surface area contributed by atoms with Crippen molar-refractivity contribution in [1.29, 1.82) is 0 Å². The molecule has 0 aromatic heterocycles. The van der Waals surface area contributed by atoms with E-state index >= 15 is 0 Å². The first kappa shape index (κ1) is 12.0. The first-order valence-electron chi connectivity index (χ1n) is 6.26. The number of methoxy groups -OCH3 is 1. The first-order valence-corrected chi connectivity index (χ1v) is 6.64. The van der Waals surface area contributed by atoms with Crippen LogP contribution >= 0.6 is 11.6 Å². The highest BCUT2D eigenvalue weighted by molar-refractivity contribution is 6.31. The topological polar surface area (TPSA) is 29.5 Å². The maximum atomic E-state index is 12.2. The molecule has 1 aromatic rings. The molecule has 0 unspecified atom stereocenters. The number of hydrogen-bond donors (Lipinski definition) is 0. The summed E-state index contributed by atoms with van der Waals surface area (Å²) >= 11 is 6.16. The van der Waals surface area contributed by atoms with Gasteiger partial charge in [0.05, 0.1) is 6.10 Å². The zero-order chi connectivity index (χ0) is 12.7. The van der Waals surface area contributed by atoms with Gasteiger partial charge in [0, 0.05) is 31.1 Å². The second kappa shape index (κ2) is 4.56. The van der Waals surface area contributed by atoms with Crippen LogP contribution in [0, 0.1) is 5.92 Å². The minimum atomic E-state index is 0.128. The summed E-state index contributed by atoms with van der Waals surface area (Å²) in [5, 5.41) is 0.774. The molecule has 1 saturated carbocycles. The normalized spacial score (nSPS) is 26.9. The molecule has 0 spiro atoms. The number of halogens is 1. The Morgan fingerprint density at radius 1 is 1.39 bits per heavy atom. The highest BCUT2D eigenvalue weighted by atomic mass is 35.5. The lowest BCUT2D eigenvalue weighted by Crippen LogP contribution is -2.55. The van der Waals surface area contributed by atoms with Crippen LogP contribution in [0.1, 0.15) is 17.9 Å². The van der Waals surface area contributed by atoms with Gasteiger partial charge in [0.15, 0.2) is 0 Å². The molecule has 3 rings (SSSR count). The van der Waals surface area contributed by atoms with Crippen molar-refractivity contribution in [3.05, 3.63) is 34.9 Å². The van der Waals surface area contributed by atoms with E-state index < -0.39 is 0 Å². The number of hydrogen-bond acceptors (Lipinski definition) is 2. The Balaban J connectivity index is 1.61. The molecule has 2 fully saturated rings. The van der Waals surface area contributed by atoms with E-state index in [1.165, 1.54) is 0 Å². The van der Waals surface area contributed by atoms with E-state index in [4.69, 9.17) is 16.3 Å². The van der Waals surface area contributed by atoms with Crippen molar-refractivity contribution >= 4 is 17.5 Å². The highest BCUT2D eigenvalue weighted by Crippen LogP contribution is 2.50. The van der Waals surface area contributed by atoms with Gasteiger partial charge >= 0.3 is 0 Å². The molecule has 0 radical (unpaired) electrons. The zero-order valence-corrected chi connectivity index (χ0v) is 11.1. The predicted octanol–water partition coefficient (Wildman–Crippen LogP) is 2.30. The lowest BCUT2D eigenvalue weighted by molar-refractivity contribution is -0.144. The second-order valence-electron chi connectivity index (χ2n) is 5.07. The molecule has 0 N–H and O–H groups in total. The Kier molecular flexibility index (Phi) is 3.04. The highest BCUT2D eigenvalue weighted by Gasteiger charge is 2.48. The van der Waals surface area contributed by atoms with E-state index in [2.05, 4.69) is 0 Å². The minimum Gasteiger partial charge on any atom is -0.378 e. The predicted molar refractivity (Wildman–Crippen MR) is 69.7 cm³/mol. The summed E-state index contributed by atoms with van der Waals surface area (Å²) in [6.45, 7) is 1.47. The smallest absolute Gasteiger partial charge is 0.226 e. The van der Waals surface area contributed by atoms with Gasteiger partial charge in [-0.1, -0.05) is 29.8 Å². The van der Waals surface area contributed by atoms with Crippen molar-refractivity contribution in [2.24, 2.45) is 5.92 Å². The van der Waals surface area contributed by atoms with E-state index in [0.29, 0.717) is 5.92 Å². The summed E-state index contributed by atoms with van der Waals surface area (Å²) in [4.78, 5) is 14.1. The lowest BCUT2D eigenvalue weighted by atomic mass is 10.1. The molecule has 0 bridgehead atoms. The summed E-state index contributed by atoms with van der Waals surface area (Å²) in [6, 6.07) is 7.81. The molecular weight excluding hydrogens is 250 g/mol. The third kappa shape index (κ3) is 2.02. The number of benzene rings is 1. The molecule has 1 heterocycles. The van der Waals surface area contributed by atoms with Crippen molar-refractivity contribution in [1.82, 2.24) is 4.90 Å². The average Bonchev–Trinajstić information content (AvgIpc) is 3.08. The van der Waals surface area contributed by atoms with Gasteiger partial charge in [-0.15, -0.1) is 0 Å². The van der Waals surface area contributed by atoms with Gasteiger partial charge < -0.3 is 9.64 Å². The molecule has 1 aliphatic carbocycles. The number of amides is 1. The number of carbonyl (C=O) groups is 1. The van der Waals surface area contributed by atoms with Crippen molar-refractivity contribution in [2.45, 2.75) is 18.4 Å². The van der Waals surface area contributed by atoms with Crippen LogP contribution in [0.25, 0.3) is 0 Å². The maximum absolute atomic E-state index is 12.2. The molecule has 96 valence electrons. The van der Waals surface area contributed by atoms with Crippen molar-refractivity contribution in [3.8, 4) is 0 Å². The second-order valence-corrected chi connectivity index (χ2v) is 5.48. The van der Waals surface area contributed by atoms with Crippen LogP contribution in [0.2, 0.25) is 5.02 Å². The van der Waals surface area contributed by atoms with E-state index in [9.17, 15) is 4.79 Å². The standard InChI is InChI=1S/C14H16ClNO2/c1-18-9-7-16(8-9)14(17)12-6-11(12)10-4-2-3-5-13(10)15/h2-5,9,11-12H,6-8H2,1H3/t11-,12+/m0/s1. The van der Waals surface area contributed by atoms with E-state index in [1.807, 2.05) is 29.2 Å². The molecule has 3 nitrogen and oxygen atoms in total. The maximum Gasteiger partial charge on any atom is 0.226 e. The van der Waals surface area contributed by atoms with E-state index in [-0.39, 0.29) is 17.9 Å². The fourth-order valence-electron chi connectivity index (χ4n) is 2.59. The number of nitrogens with zero attached hydrogens (tertiary/aromatic N) is 1. The number of ether oxygens (including phenoxy) is 1. The Bertz CT molecular complexity index is 471. The largest absolute Gasteiger partial charge is 0.378 e. The summed E-state index contributed by atoms with van der Waals surface area (Å²) in [6.07, 6.45) is 1.16. The average molecular weight is 266 g/mol. The van der Waals surface area contributed by atoms with Gasteiger partial charge in [0.2, 0.25) is 5.91 Å². The molecular formula is C14H16ClNO2. The summed E-state index contributed by atoms with van der Waals surface area (Å²) in [5.74, 6) is 0.698. The van der Waals surface area contributed by atoms with Crippen LogP contribution in [0.15, 0.2) is 24.3 Å². The quantitative estimate of drug-likeness (QED) is 0.839. The van der Waals surface area contributed by atoms with Crippen molar-refractivity contribution in [3.63, 3.8) is 0 Å². The van der Waals surface area contributed by atoms with Crippen LogP contribution in [0.5, 0.6) is 0 Å². The SMILES string of the molecule is COC1CN(C(=O)[C@@H]2C[C@H]2c2ccccc2Cl)C1. The lowest BCUT2D eigenvalue weighted by Gasteiger charge is -2.38. The Morgan fingerprint density at radius 2 is 2.11 bits per heavy atom. The van der Waals surface area contributed by atoms with Crippen LogP contribution < -0.4 is 0 Å². The zero-order valence-electron chi connectivity index (χ0n) is 10.3. The van der Waals surface area contributed by atoms with Crippen molar-refractivity contribution < 1.29 is 9.53 Å². The molecule has 1 saturated heterocycles. The molecule has 2 aliphatic rings. The molecule has 1 aromatic carbocycles. The van der Waals surface area contributed by atoms with Crippen LogP contribution in [0.4, 0.5) is 0 Å². The van der Waals surface area contributed by atoms with Gasteiger partial charge in [-0.3, -0.25) is 4.79 Å². The number of rotatable bonds is 3. The Hall–Kier alpha value is -1.06. The molecule has 18 heavy (non-hydrogen) atoms. The van der Waals surface area contributed by atoms with Gasteiger partial charge in [0.1, 0.15) is 0 Å². The Labute approximate surface area is 112 Å². The van der Waals surface area contributed by atoms with E-state index in [1.54, 1.807) is 7.11 Å². The summed E-state index contributed by atoms with van der Waals surface area (Å²) in [7, 11) is 1.69. The molecule has 1 aliphatic heterocycles. The summed E-state index contributed by atoms with van der Waals surface area (Å²) in [5.41, 5.74) is 1.11. The minimum absolute atomic E-state index is 0.128. The molecule has 4 heteroatoms. The fraction of sp³-hybridized carbons (Fsp3) is 0.500. The van der Waals surface area contributed by atoms with Gasteiger partial charge in [-0.05, 0) is 24.0 Å².